The summed E-state index contributed by atoms with van der Waals surface area (Å²) in [6, 6.07) is 0. The minimum atomic E-state index is -0.0990. The maximum atomic E-state index is 10.7. The van der Waals surface area contributed by atoms with Crippen molar-refractivity contribution in [2.45, 2.75) is 13.3 Å². The van der Waals surface area contributed by atoms with E-state index in [2.05, 4.69) is 5.32 Å². The number of hydrogen-bond acceptors (Lipinski definition) is 2. The summed E-state index contributed by atoms with van der Waals surface area (Å²) >= 11 is 0. The second-order valence-electron chi connectivity index (χ2n) is 2.19. The lowest BCUT2D eigenvalue weighted by molar-refractivity contribution is -0.412. The molecule has 0 atom stereocenters. The van der Waals surface area contributed by atoms with Crippen LogP contribution in [0.25, 0.3) is 0 Å². The minimum absolute atomic E-state index is 0.0751. The SMILES string of the molecule is CNC(=O)CC=[N+](C)C(C)=O. The lowest BCUT2D eigenvalue weighted by atomic mass is 10.4. The van der Waals surface area contributed by atoms with E-state index in [9.17, 15) is 9.59 Å². The molecule has 0 aliphatic rings. The Morgan fingerprint density at radius 3 is 2.45 bits per heavy atom. The molecule has 0 aliphatic carbocycles. The van der Waals surface area contributed by atoms with Crippen molar-refractivity contribution >= 4 is 18.0 Å². The molecule has 0 heterocycles. The van der Waals surface area contributed by atoms with Gasteiger partial charge in [-0.2, -0.15) is 4.58 Å². The van der Waals surface area contributed by atoms with Crippen molar-refractivity contribution in [3.8, 4) is 0 Å². The van der Waals surface area contributed by atoms with Gasteiger partial charge in [-0.05, 0) is 0 Å². The first-order valence-corrected chi connectivity index (χ1v) is 3.35. The van der Waals surface area contributed by atoms with E-state index in [4.69, 9.17) is 0 Å². The highest BCUT2D eigenvalue weighted by molar-refractivity contribution is 5.89. The van der Waals surface area contributed by atoms with Gasteiger partial charge in [-0.1, -0.05) is 0 Å². The summed E-state index contributed by atoms with van der Waals surface area (Å²) in [4.78, 5) is 21.3. The van der Waals surface area contributed by atoms with E-state index in [0.29, 0.717) is 0 Å². The summed E-state index contributed by atoms with van der Waals surface area (Å²) in [5, 5.41) is 2.45. The second-order valence-corrected chi connectivity index (χ2v) is 2.19. The molecular weight excluding hydrogens is 144 g/mol. The van der Waals surface area contributed by atoms with Crippen LogP contribution in [0.4, 0.5) is 0 Å². The third-order valence-electron chi connectivity index (χ3n) is 1.33. The van der Waals surface area contributed by atoms with Crippen LogP contribution in [-0.2, 0) is 9.59 Å². The number of rotatable bonds is 2. The summed E-state index contributed by atoms with van der Waals surface area (Å²) < 4.78 is 1.38. The Morgan fingerprint density at radius 1 is 1.55 bits per heavy atom. The van der Waals surface area contributed by atoms with E-state index < -0.39 is 0 Å². The minimum Gasteiger partial charge on any atom is -0.359 e. The third-order valence-corrected chi connectivity index (χ3v) is 1.33. The monoisotopic (exact) mass is 157 g/mol. The largest absolute Gasteiger partial charge is 0.383 e. The normalized spacial score (nSPS) is 11.0. The van der Waals surface area contributed by atoms with E-state index in [-0.39, 0.29) is 18.2 Å². The predicted octanol–water partition coefficient (Wildman–Crippen LogP) is -0.618. The topological polar surface area (TPSA) is 49.2 Å². The average Bonchev–Trinajstić information content (AvgIpc) is 1.99. The van der Waals surface area contributed by atoms with Gasteiger partial charge in [0.05, 0.1) is 6.92 Å². The summed E-state index contributed by atoms with van der Waals surface area (Å²) in [5.74, 6) is -0.174. The van der Waals surface area contributed by atoms with Crippen LogP contribution in [-0.4, -0.2) is 36.7 Å². The van der Waals surface area contributed by atoms with Gasteiger partial charge in [0.15, 0.2) is 6.21 Å². The van der Waals surface area contributed by atoms with Gasteiger partial charge in [-0.25, -0.2) is 4.79 Å². The van der Waals surface area contributed by atoms with Gasteiger partial charge in [0.25, 0.3) is 0 Å². The van der Waals surface area contributed by atoms with E-state index in [1.54, 1.807) is 20.3 Å². The molecule has 0 radical (unpaired) electrons. The molecule has 11 heavy (non-hydrogen) atoms. The van der Waals surface area contributed by atoms with Crippen LogP contribution in [0.1, 0.15) is 13.3 Å². The Bertz CT molecular complexity index is 197. The van der Waals surface area contributed by atoms with Gasteiger partial charge >= 0.3 is 5.91 Å². The second kappa shape index (κ2) is 4.60. The highest BCUT2D eigenvalue weighted by atomic mass is 16.2. The molecule has 0 aromatic carbocycles. The van der Waals surface area contributed by atoms with Crippen LogP contribution in [0.5, 0.6) is 0 Å². The zero-order valence-electron chi connectivity index (χ0n) is 7.05. The van der Waals surface area contributed by atoms with Crippen LogP contribution >= 0.6 is 0 Å². The Kier molecular flexibility index (Phi) is 4.10. The molecule has 0 spiro atoms. The van der Waals surface area contributed by atoms with Crippen LogP contribution in [0.2, 0.25) is 0 Å². The number of nitrogens with zero attached hydrogens (tertiary/aromatic N) is 1. The number of carbonyl (C=O) groups excluding carboxylic acids is 2. The summed E-state index contributed by atoms with van der Waals surface area (Å²) in [5.41, 5.74) is 0. The van der Waals surface area contributed by atoms with Gasteiger partial charge in [-0.3, -0.25) is 4.79 Å². The van der Waals surface area contributed by atoms with Crippen molar-refractivity contribution in [1.82, 2.24) is 5.32 Å². The molecule has 0 rings (SSSR count). The maximum absolute atomic E-state index is 10.7. The number of carbonyl (C=O) groups is 2. The van der Waals surface area contributed by atoms with Gasteiger partial charge in [0.1, 0.15) is 13.5 Å². The zero-order chi connectivity index (χ0) is 8.85. The lowest BCUT2D eigenvalue weighted by Crippen LogP contribution is -2.21. The molecule has 0 aliphatic heterocycles. The van der Waals surface area contributed by atoms with Crippen molar-refractivity contribution in [2.75, 3.05) is 14.1 Å². The van der Waals surface area contributed by atoms with Crippen molar-refractivity contribution in [1.29, 1.82) is 0 Å². The molecule has 4 nitrogen and oxygen atoms in total. The summed E-state index contributed by atoms with van der Waals surface area (Å²) in [6.07, 6.45) is 1.79. The molecule has 62 valence electrons. The molecule has 4 heteroatoms. The highest BCUT2D eigenvalue weighted by Crippen LogP contribution is 1.74. The first kappa shape index (κ1) is 9.81. The smallest absolute Gasteiger partial charge is 0.359 e. The first-order chi connectivity index (χ1) is 5.07. The Hall–Kier alpha value is -1.19. The standard InChI is InChI=1S/C7H12N2O2/c1-6(10)9(3)5-4-7(11)8-2/h5H,4H2,1-3H3/p+1. The fourth-order valence-corrected chi connectivity index (χ4v) is 0.450. The van der Waals surface area contributed by atoms with Crippen molar-refractivity contribution in [2.24, 2.45) is 0 Å². The van der Waals surface area contributed by atoms with Crippen LogP contribution in [0, 0.1) is 0 Å². The fourth-order valence-electron chi connectivity index (χ4n) is 0.450. The number of nitrogens with one attached hydrogen (secondary N) is 1. The molecule has 0 aromatic heterocycles. The third kappa shape index (κ3) is 4.25. The predicted molar refractivity (Wildman–Crippen MR) is 41.6 cm³/mol. The average molecular weight is 157 g/mol. The fraction of sp³-hybridized carbons (Fsp3) is 0.571. The molecule has 0 fully saturated rings. The van der Waals surface area contributed by atoms with Gasteiger partial charge in [-0.15, -0.1) is 0 Å². The summed E-state index contributed by atoms with van der Waals surface area (Å²) in [6.45, 7) is 1.44. The Morgan fingerprint density at radius 2 is 2.09 bits per heavy atom. The molecular formula is C7H13N2O2+. The summed E-state index contributed by atoms with van der Waals surface area (Å²) in [7, 11) is 3.18. The highest BCUT2D eigenvalue weighted by Gasteiger charge is 2.04. The molecule has 0 bridgehead atoms. The van der Waals surface area contributed by atoms with Gasteiger partial charge in [0, 0.05) is 7.05 Å². The Labute approximate surface area is 65.9 Å². The van der Waals surface area contributed by atoms with E-state index in [1.807, 2.05) is 0 Å². The van der Waals surface area contributed by atoms with Gasteiger partial charge < -0.3 is 5.32 Å². The molecule has 0 saturated carbocycles. The van der Waals surface area contributed by atoms with E-state index in [1.165, 1.54) is 11.5 Å². The van der Waals surface area contributed by atoms with Crippen molar-refractivity contribution in [3.63, 3.8) is 0 Å². The number of hydrogen-bond donors (Lipinski definition) is 1. The zero-order valence-corrected chi connectivity index (χ0v) is 7.05. The van der Waals surface area contributed by atoms with E-state index >= 15 is 0 Å². The molecule has 0 saturated heterocycles. The van der Waals surface area contributed by atoms with Gasteiger partial charge in [0.2, 0.25) is 5.91 Å². The first-order valence-electron chi connectivity index (χ1n) is 3.35. The van der Waals surface area contributed by atoms with Crippen LogP contribution < -0.4 is 5.32 Å². The quantitative estimate of drug-likeness (QED) is 0.429. The maximum Gasteiger partial charge on any atom is 0.383 e. The molecule has 2 amide bonds. The van der Waals surface area contributed by atoms with Crippen molar-refractivity contribution in [3.05, 3.63) is 0 Å². The molecule has 0 aromatic rings. The van der Waals surface area contributed by atoms with Crippen LogP contribution in [0.15, 0.2) is 0 Å². The van der Waals surface area contributed by atoms with Crippen LogP contribution in [0.3, 0.4) is 0 Å². The van der Waals surface area contributed by atoms with E-state index in [0.717, 1.165) is 0 Å². The Balaban J connectivity index is 3.92. The van der Waals surface area contributed by atoms with Crippen molar-refractivity contribution < 1.29 is 14.2 Å². The lowest BCUT2D eigenvalue weighted by Gasteiger charge is -1.91. The molecule has 0 unspecified atom stereocenters. The molecule has 1 N–H and O–H groups in total. The number of amides is 2.